The average Bonchev–Trinajstić information content (AvgIpc) is 2.55. The van der Waals surface area contributed by atoms with Crippen molar-refractivity contribution in [3.05, 3.63) is 24.3 Å². The van der Waals surface area contributed by atoms with Gasteiger partial charge < -0.3 is 20.1 Å². The van der Waals surface area contributed by atoms with Gasteiger partial charge in [0.05, 0.1) is 13.2 Å². The SMILES string of the molecule is CCOc1ccccc1OCCCC(=O)NC1CCCNC1C.Cl. The third-order valence-electron chi connectivity index (χ3n) is 4.06. The van der Waals surface area contributed by atoms with E-state index in [4.69, 9.17) is 9.47 Å². The number of piperidine rings is 1. The van der Waals surface area contributed by atoms with Gasteiger partial charge >= 0.3 is 0 Å². The van der Waals surface area contributed by atoms with Crippen molar-refractivity contribution < 1.29 is 14.3 Å². The van der Waals surface area contributed by atoms with Crippen molar-refractivity contribution in [2.45, 2.75) is 51.6 Å². The number of carbonyl (C=O) groups excluding carboxylic acids is 1. The summed E-state index contributed by atoms with van der Waals surface area (Å²) in [5.74, 6) is 1.59. The Bertz CT molecular complexity index is 499. The second kappa shape index (κ2) is 11.2. The summed E-state index contributed by atoms with van der Waals surface area (Å²) in [7, 11) is 0. The summed E-state index contributed by atoms with van der Waals surface area (Å²) in [5.41, 5.74) is 0. The topological polar surface area (TPSA) is 59.6 Å². The van der Waals surface area contributed by atoms with Gasteiger partial charge in [-0.1, -0.05) is 12.1 Å². The molecule has 0 aromatic heterocycles. The smallest absolute Gasteiger partial charge is 0.220 e. The van der Waals surface area contributed by atoms with Gasteiger partial charge in [-0.05, 0) is 51.8 Å². The average molecular weight is 357 g/mol. The van der Waals surface area contributed by atoms with Crippen LogP contribution in [0.25, 0.3) is 0 Å². The van der Waals surface area contributed by atoms with Gasteiger partial charge in [0.25, 0.3) is 0 Å². The van der Waals surface area contributed by atoms with Gasteiger partial charge in [0, 0.05) is 18.5 Å². The van der Waals surface area contributed by atoms with E-state index in [2.05, 4.69) is 17.6 Å². The van der Waals surface area contributed by atoms with E-state index < -0.39 is 0 Å². The van der Waals surface area contributed by atoms with Crippen LogP contribution in [-0.2, 0) is 4.79 Å². The monoisotopic (exact) mass is 356 g/mol. The van der Waals surface area contributed by atoms with Crippen LogP contribution in [-0.4, -0.2) is 37.7 Å². The maximum atomic E-state index is 12.0. The van der Waals surface area contributed by atoms with Crippen LogP contribution in [0.3, 0.4) is 0 Å². The van der Waals surface area contributed by atoms with Crippen LogP contribution in [0.1, 0.15) is 39.5 Å². The van der Waals surface area contributed by atoms with Gasteiger partial charge in [-0.15, -0.1) is 12.4 Å². The molecule has 0 bridgehead atoms. The van der Waals surface area contributed by atoms with Crippen LogP contribution in [0.4, 0.5) is 0 Å². The van der Waals surface area contributed by atoms with Gasteiger partial charge in [0.15, 0.2) is 11.5 Å². The molecule has 2 unspecified atom stereocenters. The lowest BCUT2D eigenvalue weighted by Crippen LogP contribution is -2.51. The Kier molecular flexibility index (Phi) is 9.57. The molecular formula is C18H29ClN2O3. The number of carbonyl (C=O) groups is 1. The first kappa shape index (κ1) is 20.6. The number of hydrogen-bond donors (Lipinski definition) is 2. The zero-order valence-electron chi connectivity index (χ0n) is 14.5. The lowest BCUT2D eigenvalue weighted by molar-refractivity contribution is -0.122. The Morgan fingerprint density at radius 2 is 2.00 bits per heavy atom. The minimum Gasteiger partial charge on any atom is -0.490 e. The van der Waals surface area contributed by atoms with E-state index in [1.165, 1.54) is 0 Å². The van der Waals surface area contributed by atoms with Crippen LogP contribution in [0.15, 0.2) is 24.3 Å². The summed E-state index contributed by atoms with van der Waals surface area (Å²) in [4.78, 5) is 12.0. The highest BCUT2D eigenvalue weighted by atomic mass is 35.5. The lowest BCUT2D eigenvalue weighted by Gasteiger charge is -2.30. The fraction of sp³-hybridized carbons (Fsp3) is 0.611. The maximum Gasteiger partial charge on any atom is 0.220 e. The molecule has 2 N–H and O–H groups in total. The second-order valence-corrected chi connectivity index (χ2v) is 5.89. The number of amides is 1. The van der Waals surface area contributed by atoms with Crippen molar-refractivity contribution in [2.24, 2.45) is 0 Å². The molecule has 2 rings (SSSR count). The highest BCUT2D eigenvalue weighted by molar-refractivity contribution is 5.85. The summed E-state index contributed by atoms with van der Waals surface area (Å²) >= 11 is 0. The van der Waals surface area contributed by atoms with Crippen molar-refractivity contribution >= 4 is 18.3 Å². The number of halogens is 1. The highest BCUT2D eigenvalue weighted by Gasteiger charge is 2.21. The van der Waals surface area contributed by atoms with Crippen molar-refractivity contribution in [1.29, 1.82) is 0 Å². The van der Waals surface area contributed by atoms with Gasteiger partial charge in [-0.25, -0.2) is 0 Å². The quantitative estimate of drug-likeness (QED) is 0.703. The fourth-order valence-corrected chi connectivity index (χ4v) is 2.78. The predicted molar refractivity (Wildman–Crippen MR) is 98.2 cm³/mol. The van der Waals surface area contributed by atoms with Crippen molar-refractivity contribution in [2.75, 3.05) is 19.8 Å². The largest absolute Gasteiger partial charge is 0.490 e. The molecule has 24 heavy (non-hydrogen) atoms. The van der Waals surface area contributed by atoms with Crippen molar-refractivity contribution in [3.63, 3.8) is 0 Å². The Balaban J connectivity index is 0.00000288. The molecule has 5 nitrogen and oxygen atoms in total. The van der Waals surface area contributed by atoms with Crippen LogP contribution >= 0.6 is 12.4 Å². The molecule has 6 heteroatoms. The second-order valence-electron chi connectivity index (χ2n) is 5.89. The third kappa shape index (κ3) is 6.57. The molecule has 0 radical (unpaired) electrons. The predicted octanol–water partition coefficient (Wildman–Crippen LogP) is 2.92. The molecule has 1 aliphatic heterocycles. The van der Waals surface area contributed by atoms with Gasteiger partial charge in [0.2, 0.25) is 5.91 Å². The number of para-hydroxylation sites is 2. The lowest BCUT2D eigenvalue weighted by atomic mass is 10.00. The molecule has 1 aromatic carbocycles. The number of ether oxygens (including phenoxy) is 2. The van der Waals surface area contributed by atoms with Crippen molar-refractivity contribution in [1.82, 2.24) is 10.6 Å². The van der Waals surface area contributed by atoms with Gasteiger partial charge in [-0.2, -0.15) is 0 Å². The Hall–Kier alpha value is -1.46. The zero-order chi connectivity index (χ0) is 16.5. The van der Waals surface area contributed by atoms with Gasteiger partial charge in [0.1, 0.15) is 0 Å². The molecule has 0 saturated carbocycles. The molecule has 1 fully saturated rings. The number of hydrogen-bond acceptors (Lipinski definition) is 4. The Morgan fingerprint density at radius 1 is 1.29 bits per heavy atom. The maximum absolute atomic E-state index is 12.0. The Labute approximate surface area is 150 Å². The molecule has 1 saturated heterocycles. The van der Waals surface area contributed by atoms with Crippen LogP contribution in [0.2, 0.25) is 0 Å². The summed E-state index contributed by atoms with van der Waals surface area (Å²) in [5, 5.41) is 6.51. The van der Waals surface area contributed by atoms with E-state index in [1.807, 2.05) is 31.2 Å². The minimum absolute atomic E-state index is 0. The molecule has 0 spiro atoms. The fourth-order valence-electron chi connectivity index (χ4n) is 2.78. The summed E-state index contributed by atoms with van der Waals surface area (Å²) in [6, 6.07) is 8.22. The van der Waals surface area contributed by atoms with E-state index in [9.17, 15) is 4.79 Å². The first-order valence-electron chi connectivity index (χ1n) is 8.58. The summed E-state index contributed by atoms with van der Waals surface area (Å²) < 4.78 is 11.3. The normalized spacial score (nSPS) is 19.9. The molecule has 1 amide bonds. The standard InChI is InChI=1S/C18H28N2O3.ClH/c1-3-22-16-9-4-5-10-17(16)23-13-7-11-18(21)20-15-8-6-12-19-14(15)2;/h4-5,9-10,14-15,19H,3,6-8,11-13H2,1-2H3,(H,20,21);1H. The number of nitrogens with one attached hydrogen (secondary N) is 2. The van der Waals surface area contributed by atoms with Crippen LogP contribution in [0.5, 0.6) is 11.5 Å². The first-order valence-corrected chi connectivity index (χ1v) is 8.58. The molecule has 136 valence electrons. The molecule has 1 aliphatic rings. The van der Waals surface area contributed by atoms with Crippen LogP contribution in [0, 0.1) is 0 Å². The zero-order valence-corrected chi connectivity index (χ0v) is 15.4. The van der Waals surface area contributed by atoms with E-state index in [0.29, 0.717) is 32.1 Å². The number of benzene rings is 1. The van der Waals surface area contributed by atoms with E-state index in [1.54, 1.807) is 0 Å². The first-order chi connectivity index (χ1) is 11.2. The van der Waals surface area contributed by atoms with E-state index >= 15 is 0 Å². The highest BCUT2D eigenvalue weighted by Crippen LogP contribution is 2.26. The molecular weight excluding hydrogens is 328 g/mol. The van der Waals surface area contributed by atoms with Crippen LogP contribution < -0.4 is 20.1 Å². The third-order valence-corrected chi connectivity index (χ3v) is 4.06. The molecule has 2 atom stereocenters. The molecule has 1 aromatic rings. The van der Waals surface area contributed by atoms with E-state index in [-0.39, 0.29) is 24.4 Å². The molecule has 0 aliphatic carbocycles. The van der Waals surface area contributed by atoms with Crippen molar-refractivity contribution in [3.8, 4) is 11.5 Å². The van der Waals surface area contributed by atoms with Gasteiger partial charge in [-0.3, -0.25) is 4.79 Å². The molecule has 1 heterocycles. The summed E-state index contributed by atoms with van der Waals surface area (Å²) in [6.45, 7) is 6.23. The summed E-state index contributed by atoms with van der Waals surface area (Å²) in [6.07, 6.45) is 3.35. The minimum atomic E-state index is 0. The number of rotatable bonds is 8. The Morgan fingerprint density at radius 3 is 2.67 bits per heavy atom. The van der Waals surface area contributed by atoms with E-state index in [0.717, 1.165) is 30.9 Å².